The molecule has 1 amide bonds. The molecule has 7 heteroatoms. The molecule has 2 aromatic rings. The largest absolute Gasteiger partial charge is 0.478 e. The summed E-state index contributed by atoms with van der Waals surface area (Å²) in [5, 5.41) is 11.4. The lowest BCUT2D eigenvalue weighted by Gasteiger charge is -2.06. The number of aromatic carboxylic acids is 1. The van der Waals surface area contributed by atoms with Crippen LogP contribution in [0, 0.1) is 0 Å². The summed E-state index contributed by atoms with van der Waals surface area (Å²) in [6, 6.07) is 5.50. The second-order valence-corrected chi connectivity index (χ2v) is 4.31. The Bertz CT molecular complexity index is 651. The highest BCUT2D eigenvalue weighted by Gasteiger charge is 2.14. The van der Waals surface area contributed by atoms with Gasteiger partial charge in [-0.25, -0.2) is 4.79 Å². The molecule has 0 fully saturated rings. The first-order valence-electron chi connectivity index (χ1n) is 5.06. The minimum Gasteiger partial charge on any atom is -0.478 e. The van der Waals surface area contributed by atoms with E-state index < -0.39 is 11.9 Å². The molecule has 2 rings (SSSR count). The molecule has 0 aliphatic rings. The molecule has 19 heavy (non-hydrogen) atoms. The number of rotatable bonds is 3. The molecular formula is C12H7Cl2NO4. The van der Waals surface area contributed by atoms with E-state index in [-0.39, 0.29) is 21.4 Å². The van der Waals surface area contributed by atoms with E-state index in [0.29, 0.717) is 5.69 Å². The molecule has 0 saturated heterocycles. The monoisotopic (exact) mass is 299 g/mol. The molecule has 0 unspecified atom stereocenters. The zero-order valence-electron chi connectivity index (χ0n) is 9.31. The van der Waals surface area contributed by atoms with Crippen molar-refractivity contribution in [3.8, 4) is 0 Å². The van der Waals surface area contributed by atoms with Crippen LogP contribution in [-0.2, 0) is 0 Å². The summed E-state index contributed by atoms with van der Waals surface area (Å²) in [5.41, 5.74) is 0.498. The van der Waals surface area contributed by atoms with Crippen LogP contribution in [0.5, 0.6) is 0 Å². The van der Waals surface area contributed by atoms with Crippen molar-refractivity contribution >= 4 is 40.8 Å². The van der Waals surface area contributed by atoms with E-state index in [9.17, 15) is 9.59 Å². The fraction of sp³-hybridized carbons (Fsp3) is 0. The van der Waals surface area contributed by atoms with E-state index in [1.807, 2.05) is 0 Å². The Kier molecular flexibility index (Phi) is 3.78. The van der Waals surface area contributed by atoms with Crippen molar-refractivity contribution in [1.29, 1.82) is 0 Å². The lowest BCUT2D eigenvalue weighted by Crippen LogP contribution is -2.11. The topological polar surface area (TPSA) is 79.5 Å². The number of carboxylic acids is 1. The van der Waals surface area contributed by atoms with E-state index in [2.05, 4.69) is 5.32 Å². The Morgan fingerprint density at radius 1 is 1.16 bits per heavy atom. The minimum absolute atomic E-state index is 0.0225. The van der Waals surface area contributed by atoms with Crippen LogP contribution in [0.3, 0.4) is 0 Å². The molecule has 0 spiro atoms. The second kappa shape index (κ2) is 5.34. The number of nitrogens with one attached hydrogen (secondary N) is 1. The number of halogens is 2. The third-order valence-electron chi connectivity index (χ3n) is 2.32. The first-order valence-corrected chi connectivity index (χ1v) is 5.82. The average molecular weight is 300 g/mol. The van der Waals surface area contributed by atoms with Gasteiger partial charge in [-0.15, -0.1) is 0 Å². The lowest BCUT2D eigenvalue weighted by molar-refractivity contribution is 0.0697. The number of carboxylic acid groups (broad SMARTS) is 1. The van der Waals surface area contributed by atoms with Crippen molar-refractivity contribution in [2.24, 2.45) is 0 Å². The van der Waals surface area contributed by atoms with Crippen LogP contribution < -0.4 is 5.32 Å². The van der Waals surface area contributed by atoms with E-state index in [1.54, 1.807) is 0 Å². The number of anilines is 1. The van der Waals surface area contributed by atoms with Crippen molar-refractivity contribution in [2.45, 2.75) is 0 Å². The molecule has 0 saturated carbocycles. The number of carbonyl (C=O) groups is 2. The number of hydrogen-bond acceptors (Lipinski definition) is 3. The van der Waals surface area contributed by atoms with Crippen molar-refractivity contribution in [3.63, 3.8) is 0 Å². The number of furan rings is 1. The van der Waals surface area contributed by atoms with Gasteiger partial charge >= 0.3 is 5.97 Å². The Hall–Kier alpha value is -1.98. The van der Waals surface area contributed by atoms with Gasteiger partial charge in [-0.05, 0) is 35.9 Å². The van der Waals surface area contributed by atoms with Gasteiger partial charge in [0.25, 0.3) is 5.91 Å². The summed E-state index contributed by atoms with van der Waals surface area (Å²) in [7, 11) is 0. The standard InChI is InChI=1S/C12H7Cl2NO4/c13-9-5-6(1-2-7(9)12(17)18)15-11(16)8-3-4-19-10(8)14/h1-5H,(H,15,16)(H,17,18). The quantitative estimate of drug-likeness (QED) is 0.908. The van der Waals surface area contributed by atoms with Crippen molar-refractivity contribution in [3.05, 3.63) is 51.9 Å². The molecule has 98 valence electrons. The van der Waals surface area contributed by atoms with Crippen molar-refractivity contribution in [2.75, 3.05) is 5.32 Å². The van der Waals surface area contributed by atoms with E-state index in [1.165, 1.54) is 30.5 Å². The minimum atomic E-state index is -1.14. The highest BCUT2D eigenvalue weighted by molar-refractivity contribution is 6.34. The van der Waals surface area contributed by atoms with Gasteiger partial charge in [-0.3, -0.25) is 4.79 Å². The molecule has 0 radical (unpaired) electrons. The summed E-state index contributed by atoms with van der Waals surface area (Å²) >= 11 is 11.5. The fourth-order valence-corrected chi connectivity index (χ4v) is 1.88. The molecule has 0 aliphatic heterocycles. The Morgan fingerprint density at radius 2 is 1.89 bits per heavy atom. The molecule has 0 atom stereocenters. The molecule has 0 aliphatic carbocycles. The highest BCUT2D eigenvalue weighted by Crippen LogP contribution is 2.23. The van der Waals surface area contributed by atoms with Gasteiger partial charge in [-0.1, -0.05) is 11.6 Å². The Balaban J connectivity index is 2.21. The van der Waals surface area contributed by atoms with Crippen molar-refractivity contribution < 1.29 is 19.1 Å². The molecule has 1 heterocycles. The van der Waals surface area contributed by atoms with Gasteiger partial charge in [-0.2, -0.15) is 0 Å². The molecular weight excluding hydrogens is 293 g/mol. The SMILES string of the molecule is O=C(O)c1ccc(NC(=O)c2ccoc2Cl)cc1Cl. The number of carbonyl (C=O) groups excluding carboxylic acids is 1. The molecule has 5 nitrogen and oxygen atoms in total. The predicted molar refractivity (Wildman–Crippen MR) is 70.1 cm³/mol. The summed E-state index contributed by atoms with van der Waals surface area (Å²) < 4.78 is 4.80. The summed E-state index contributed by atoms with van der Waals surface area (Å²) in [4.78, 5) is 22.6. The lowest BCUT2D eigenvalue weighted by atomic mass is 10.2. The zero-order chi connectivity index (χ0) is 14.0. The van der Waals surface area contributed by atoms with Crippen LogP contribution in [0.25, 0.3) is 0 Å². The maximum atomic E-state index is 11.8. The maximum Gasteiger partial charge on any atom is 0.337 e. The second-order valence-electron chi connectivity index (χ2n) is 3.56. The zero-order valence-corrected chi connectivity index (χ0v) is 10.8. The van der Waals surface area contributed by atoms with Crippen LogP contribution >= 0.6 is 23.2 Å². The molecule has 2 N–H and O–H groups in total. The van der Waals surface area contributed by atoms with Crippen molar-refractivity contribution in [1.82, 2.24) is 0 Å². The smallest absolute Gasteiger partial charge is 0.337 e. The van der Waals surface area contributed by atoms with Crippen LogP contribution in [0.2, 0.25) is 10.2 Å². The van der Waals surface area contributed by atoms with E-state index in [0.717, 1.165) is 0 Å². The number of amides is 1. The van der Waals surface area contributed by atoms with Crippen LogP contribution in [-0.4, -0.2) is 17.0 Å². The first kappa shape index (κ1) is 13.5. The molecule has 1 aromatic carbocycles. The van der Waals surface area contributed by atoms with Gasteiger partial charge in [0.15, 0.2) is 0 Å². The fourth-order valence-electron chi connectivity index (χ4n) is 1.42. The first-order chi connectivity index (χ1) is 8.99. The summed E-state index contributed by atoms with van der Waals surface area (Å²) in [6.07, 6.45) is 1.29. The summed E-state index contributed by atoms with van der Waals surface area (Å²) in [5.74, 6) is -1.61. The van der Waals surface area contributed by atoms with Crippen LogP contribution in [0.4, 0.5) is 5.69 Å². The average Bonchev–Trinajstić information content (AvgIpc) is 2.75. The van der Waals surface area contributed by atoms with Gasteiger partial charge in [0, 0.05) is 5.69 Å². The molecule has 1 aromatic heterocycles. The Labute approximate surface area is 117 Å². The predicted octanol–water partition coefficient (Wildman–Crippen LogP) is 3.54. The molecule has 0 bridgehead atoms. The Morgan fingerprint density at radius 3 is 2.42 bits per heavy atom. The van der Waals surface area contributed by atoms with Gasteiger partial charge in [0.2, 0.25) is 5.22 Å². The van der Waals surface area contributed by atoms with Gasteiger partial charge in [0.05, 0.1) is 22.4 Å². The van der Waals surface area contributed by atoms with E-state index in [4.69, 9.17) is 32.7 Å². The van der Waals surface area contributed by atoms with Gasteiger partial charge < -0.3 is 14.8 Å². The normalized spacial score (nSPS) is 10.2. The van der Waals surface area contributed by atoms with E-state index >= 15 is 0 Å². The van der Waals surface area contributed by atoms with Crippen LogP contribution in [0.1, 0.15) is 20.7 Å². The number of benzene rings is 1. The maximum absolute atomic E-state index is 11.8. The van der Waals surface area contributed by atoms with Crippen LogP contribution in [0.15, 0.2) is 34.9 Å². The highest BCUT2D eigenvalue weighted by atomic mass is 35.5. The third kappa shape index (κ3) is 2.89. The number of hydrogen-bond donors (Lipinski definition) is 2. The third-order valence-corrected chi connectivity index (χ3v) is 2.93. The van der Waals surface area contributed by atoms with Gasteiger partial charge in [0.1, 0.15) is 0 Å². The summed E-state index contributed by atoms with van der Waals surface area (Å²) in [6.45, 7) is 0.